The molecule has 9 aromatic rings. The third-order valence-corrected chi connectivity index (χ3v) is 26.5. The standard InChI is InChI=1S/C79H88O3S6/c1-10-18-22-24-32-51-42-53(44-61-48(9)57-34-26-27-35-58(57)73(61)80)83-76(51)69-46-62-71(67-40-38-65(85-67)55(16-7)49(14-5)30-20-12-3)79-63(72(78(62)87-69)68-41-39-66(86-68)56(17-8)50(15-6)31-21-13-4)47-70(88-79)77-52(33-25-23-19-11-2)43-54(84-77)45-64-74(81)59-36-28-29-37-60(59)75(64)82/h26-29,34-47,49-50,55-56H,9-25,30-33H2,1-8H3/b61-44-. The Morgan fingerprint density at radius 3 is 1.23 bits per heavy atom. The lowest BCUT2D eigenvalue weighted by molar-refractivity contribution is 0.0988. The quantitative estimate of drug-likeness (QED) is 0.0256. The predicted octanol–water partition coefficient (Wildman–Crippen LogP) is 26.5. The summed E-state index contributed by atoms with van der Waals surface area (Å²) in [7, 11) is 0. The van der Waals surface area contributed by atoms with Crippen LogP contribution in [0.5, 0.6) is 0 Å². The highest BCUT2D eigenvalue weighted by Crippen LogP contribution is 2.57. The number of Topliss-reactive ketones (excluding diaryl/α,β-unsaturated/α-hetero) is 3. The van der Waals surface area contributed by atoms with Crippen LogP contribution in [0, 0.1) is 11.8 Å². The van der Waals surface area contributed by atoms with Gasteiger partial charge in [0.2, 0.25) is 0 Å². The van der Waals surface area contributed by atoms with Crippen LogP contribution in [0.15, 0.2) is 115 Å². The Bertz CT molecular complexity index is 3670. The highest BCUT2D eigenvalue weighted by atomic mass is 32.1. The molecule has 0 saturated heterocycles. The maximum Gasteiger partial charge on any atom is 0.197 e. The zero-order chi connectivity index (χ0) is 61.6. The minimum Gasteiger partial charge on any atom is -0.289 e. The molecule has 0 fully saturated rings. The van der Waals surface area contributed by atoms with E-state index in [4.69, 9.17) is 0 Å². The van der Waals surface area contributed by atoms with Crippen LogP contribution in [0.3, 0.4) is 0 Å². The zero-order valence-corrected chi connectivity index (χ0v) is 58.1. The smallest absolute Gasteiger partial charge is 0.197 e. The molecule has 6 heterocycles. The van der Waals surface area contributed by atoms with Gasteiger partial charge in [-0.1, -0.05) is 188 Å². The number of fused-ring (bicyclic) bond motifs is 4. The van der Waals surface area contributed by atoms with E-state index in [0.29, 0.717) is 40.4 Å². The largest absolute Gasteiger partial charge is 0.289 e. The molecule has 11 rings (SSSR count). The van der Waals surface area contributed by atoms with E-state index in [1.807, 2.05) is 99.2 Å². The summed E-state index contributed by atoms with van der Waals surface area (Å²) in [5, 5.41) is 2.63. The maximum absolute atomic E-state index is 14.1. The number of benzene rings is 3. The Morgan fingerprint density at radius 1 is 0.409 bits per heavy atom. The Hall–Kier alpha value is -5.39. The van der Waals surface area contributed by atoms with Gasteiger partial charge in [-0.05, 0) is 158 Å². The van der Waals surface area contributed by atoms with Crippen LogP contribution in [-0.4, -0.2) is 17.3 Å². The molecular formula is C79H88O3S6. The van der Waals surface area contributed by atoms with Crippen molar-refractivity contribution >= 4 is 123 Å². The Labute approximate surface area is 548 Å². The minimum absolute atomic E-state index is 0.0625. The van der Waals surface area contributed by atoms with Gasteiger partial charge in [-0.2, -0.15) is 0 Å². The first-order valence-electron chi connectivity index (χ1n) is 33.4. The zero-order valence-electron chi connectivity index (χ0n) is 53.2. The first-order chi connectivity index (χ1) is 43.0. The molecule has 0 aliphatic heterocycles. The van der Waals surface area contributed by atoms with Crippen molar-refractivity contribution in [2.75, 3.05) is 0 Å². The first-order valence-corrected chi connectivity index (χ1v) is 38.3. The van der Waals surface area contributed by atoms with Gasteiger partial charge in [0, 0.05) is 102 Å². The average molecular weight is 1280 g/mol. The summed E-state index contributed by atoms with van der Waals surface area (Å²) in [5.74, 6) is 1.99. The van der Waals surface area contributed by atoms with Gasteiger partial charge in [0.05, 0.1) is 5.57 Å². The van der Waals surface area contributed by atoms with Crippen molar-refractivity contribution in [2.24, 2.45) is 11.8 Å². The van der Waals surface area contributed by atoms with Gasteiger partial charge in [0.25, 0.3) is 0 Å². The number of aryl methyl sites for hydroxylation is 2. The fraction of sp³-hybridized carbons (Fsp3) is 0.405. The summed E-state index contributed by atoms with van der Waals surface area (Å²) in [4.78, 5) is 54.8. The number of unbranched alkanes of at least 4 members (excludes halogenated alkanes) is 8. The molecule has 9 heteroatoms. The van der Waals surface area contributed by atoms with Gasteiger partial charge in [0.15, 0.2) is 17.3 Å². The number of hydrogen-bond donors (Lipinski definition) is 0. The molecule has 3 aromatic carbocycles. The molecule has 4 unspecified atom stereocenters. The lowest BCUT2D eigenvalue weighted by Crippen LogP contribution is -2.10. The number of rotatable bonds is 30. The molecule has 0 N–H and O–H groups in total. The van der Waals surface area contributed by atoms with Gasteiger partial charge >= 0.3 is 0 Å². The molecule has 0 spiro atoms. The van der Waals surface area contributed by atoms with Crippen molar-refractivity contribution < 1.29 is 14.4 Å². The van der Waals surface area contributed by atoms with E-state index < -0.39 is 0 Å². The number of hydrogen-bond acceptors (Lipinski definition) is 9. The summed E-state index contributed by atoms with van der Waals surface area (Å²) >= 11 is 11.6. The van der Waals surface area contributed by atoms with Crippen LogP contribution in [-0.2, 0) is 12.8 Å². The van der Waals surface area contributed by atoms with E-state index in [0.717, 1.165) is 71.4 Å². The van der Waals surface area contributed by atoms with Crippen molar-refractivity contribution in [1.29, 1.82) is 0 Å². The second-order valence-corrected chi connectivity index (χ2v) is 31.3. The van der Waals surface area contributed by atoms with Crippen LogP contribution < -0.4 is 0 Å². The van der Waals surface area contributed by atoms with Crippen LogP contribution in [0.25, 0.3) is 78.3 Å². The van der Waals surface area contributed by atoms with Crippen molar-refractivity contribution in [3.05, 3.63) is 168 Å². The average Bonchev–Trinajstić information content (AvgIpc) is 1.56. The van der Waals surface area contributed by atoms with Gasteiger partial charge in [-0.15, -0.1) is 68.0 Å². The third-order valence-electron chi connectivity index (χ3n) is 19.1. The number of carbonyl (C=O) groups is 3. The SMILES string of the molecule is C=C1/C(=C/c2cc(CCCCCC)c(-c3cc4c(-c5ccc(C(CC)C(CC)CCCC)s5)c5sc(-c6sc(C=C7C(=O)c8ccccc8C7=O)cc6CCCCCC)cc5c(-c5ccc(C(CC)C(CC)CCCC)s5)c4s3)s2)C(=O)c2ccccc21. The molecule has 458 valence electrons. The second kappa shape index (κ2) is 29.3. The molecule has 0 saturated carbocycles. The summed E-state index contributed by atoms with van der Waals surface area (Å²) in [6.07, 6.45) is 27.3. The summed E-state index contributed by atoms with van der Waals surface area (Å²) < 4.78 is 2.67. The monoisotopic (exact) mass is 1280 g/mol. The van der Waals surface area contributed by atoms with E-state index in [1.54, 1.807) is 23.5 Å². The lowest BCUT2D eigenvalue weighted by atomic mass is 9.83. The molecule has 3 nitrogen and oxygen atoms in total. The van der Waals surface area contributed by atoms with Crippen LogP contribution in [0.1, 0.15) is 250 Å². The summed E-state index contributed by atoms with van der Waals surface area (Å²) in [6, 6.07) is 34.9. The highest BCUT2D eigenvalue weighted by Gasteiger charge is 2.34. The Morgan fingerprint density at radius 2 is 0.818 bits per heavy atom. The molecule has 2 aliphatic carbocycles. The highest BCUT2D eigenvalue weighted by molar-refractivity contribution is 7.29. The second-order valence-electron chi connectivity index (χ2n) is 24.8. The molecule has 6 aromatic heterocycles. The van der Waals surface area contributed by atoms with Gasteiger partial charge in [-0.3, -0.25) is 14.4 Å². The van der Waals surface area contributed by atoms with Gasteiger partial charge < -0.3 is 0 Å². The van der Waals surface area contributed by atoms with Crippen molar-refractivity contribution in [3.8, 4) is 40.4 Å². The third kappa shape index (κ3) is 13.0. The summed E-state index contributed by atoms with van der Waals surface area (Å²) in [5.41, 5.74) is 9.81. The number of carbonyl (C=O) groups excluding carboxylic acids is 3. The summed E-state index contributed by atoms with van der Waals surface area (Å²) in [6.45, 7) is 23.3. The van der Waals surface area contributed by atoms with E-state index in [2.05, 4.69) is 117 Å². The number of thiophene rings is 6. The Balaban J connectivity index is 1.16. The van der Waals surface area contributed by atoms with Crippen molar-refractivity contribution in [1.82, 2.24) is 0 Å². The molecule has 0 radical (unpaired) electrons. The molecule has 0 bridgehead atoms. The number of ketones is 3. The topological polar surface area (TPSA) is 51.2 Å². The normalized spacial score (nSPS) is 15.2. The maximum atomic E-state index is 14.1. The Kier molecular flexibility index (Phi) is 21.3. The van der Waals surface area contributed by atoms with Gasteiger partial charge in [-0.25, -0.2) is 0 Å². The van der Waals surface area contributed by atoms with Crippen LogP contribution in [0.4, 0.5) is 0 Å². The van der Waals surface area contributed by atoms with Gasteiger partial charge in [0.1, 0.15) is 0 Å². The van der Waals surface area contributed by atoms with Crippen molar-refractivity contribution in [3.63, 3.8) is 0 Å². The predicted molar refractivity (Wildman–Crippen MR) is 390 cm³/mol. The molecule has 2 aliphatic rings. The van der Waals surface area contributed by atoms with Crippen LogP contribution in [0.2, 0.25) is 0 Å². The van der Waals surface area contributed by atoms with E-state index in [-0.39, 0.29) is 22.9 Å². The van der Waals surface area contributed by atoms with E-state index in [9.17, 15) is 14.4 Å². The number of allylic oxidation sites excluding steroid dienone is 3. The first kappa shape index (κ1) is 64.2. The molecule has 4 atom stereocenters. The van der Waals surface area contributed by atoms with E-state index in [1.165, 1.54) is 165 Å². The minimum atomic E-state index is -0.177. The van der Waals surface area contributed by atoms with E-state index >= 15 is 0 Å². The fourth-order valence-corrected chi connectivity index (χ4v) is 22.1. The molecule has 88 heavy (non-hydrogen) atoms. The van der Waals surface area contributed by atoms with Crippen LogP contribution >= 0.6 is 68.0 Å². The lowest BCUT2D eigenvalue weighted by Gasteiger charge is -2.24. The molecular weight excluding hydrogens is 1190 g/mol. The fourth-order valence-electron chi connectivity index (χ4n) is 14.2. The molecule has 0 amide bonds. The van der Waals surface area contributed by atoms with Crippen molar-refractivity contribution in [2.45, 2.75) is 196 Å².